The number of fused-ring (bicyclic) bond motifs is 1. The number of halogens is 1. The summed E-state index contributed by atoms with van der Waals surface area (Å²) in [6, 6.07) is 5.59. The van der Waals surface area contributed by atoms with Crippen LogP contribution in [-0.4, -0.2) is 25.9 Å². The molecule has 0 spiro atoms. The van der Waals surface area contributed by atoms with Crippen LogP contribution in [0.2, 0.25) is 5.02 Å². The number of nitrogens with one attached hydrogen (secondary N) is 1. The van der Waals surface area contributed by atoms with E-state index in [1.165, 1.54) is 0 Å². The summed E-state index contributed by atoms with van der Waals surface area (Å²) in [5.74, 6) is 0.804. The predicted molar refractivity (Wildman–Crippen MR) is 60.9 cm³/mol. The van der Waals surface area contributed by atoms with Crippen molar-refractivity contribution in [1.82, 2.24) is 0 Å². The molecule has 1 aliphatic rings. The van der Waals surface area contributed by atoms with Gasteiger partial charge in [0.05, 0.1) is 18.8 Å². The normalized spacial score (nSPS) is 18.9. The highest BCUT2D eigenvalue weighted by Gasteiger charge is 2.19. The lowest BCUT2D eigenvalue weighted by molar-refractivity contribution is 0.0599. The molecule has 0 bridgehead atoms. The van der Waals surface area contributed by atoms with Gasteiger partial charge in [0.25, 0.3) is 0 Å². The van der Waals surface area contributed by atoms with Crippen LogP contribution >= 0.6 is 11.6 Å². The molecule has 1 aromatic carbocycles. The Morgan fingerprint density at radius 2 is 2.47 bits per heavy atom. The van der Waals surface area contributed by atoms with Crippen LogP contribution in [0.5, 0.6) is 5.75 Å². The molecule has 2 rings (SSSR count). The van der Waals surface area contributed by atoms with E-state index in [1.807, 2.05) is 25.1 Å². The Hall–Kier alpha value is -0.930. The zero-order chi connectivity index (χ0) is 10.7. The molecule has 1 atom stereocenters. The van der Waals surface area contributed by atoms with Crippen LogP contribution in [0.25, 0.3) is 0 Å². The Labute approximate surface area is 94.3 Å². The zero-order valence-electron chi connectivity index (χ0n) is 8.63. The Kier molecular flexibility index (Phi) is 3.34. The fourth-order valence-corrected chi connectivity index (χ4v) is 1.69. The van der Waals surface area contributed by atoms with Gasteiger partial charge >= 0.3 is 0 Å². The van der Waals surface area contributed by atoms with Crippen LogP contribution in [-0.2, 0) is 4.74 Å². The second kappa shape index (κ2) is 4.73. The van der Waals surface area contributed by atoms with Crippen molar-refractivity contribution in [3.63, 3.8) is 0 Å². The van der Waals surface area contributed by atoms with Crippen LogP contribution in [0.3, 0.4) is 0 Å². The highest BCUT2D eigenvalue weighted by Crippen LogP contribution is 2.31. The minimum atomic E-state index is 0.0657. The molecule has 3 nitrogen and oxygen atoms in total. The number of benzene rings is 1. The Morgan fingerprint density at radius 3 is 3.27 bits per heavy atom. The summed E-state index contributed by atoms with van der Waals surface area (Å²) in [6.07, 6.45) is 0.0657. The van der Waals surface area contributed by atoms with E-state index in [2.05, 4.69) is 5.32 Å². The average molecular weight is 228 g/mol. The van der Waals surface area contributed by atoms with E-state index < -0.39 is 0 Å². The highest BCUT2D eigenvalue weighted by molar-refractivity contribution is 6.30. The topological polar surface area (TPSA) is 30.5 Å². The third kappa shape index (κ3) is 2.55. The third-order valence-electron chi connectivity index (χ3n) is 2.27. The molecule has 15 heavy (non-hydrogen) atoms. The molecule has 1 unspecified atom stereocenters. The maximum absolute atomic E-state index is 5.89. The molecule has 1 aromatic rings. The summed E-state index contributed by atoms with van der Waals surface area (Å²) in [7, 11) is 0. The molecular formula is C11H14ClNO2. The molecule has 0 aliphatic carbocycles. The summed E-state index contributed by atoms with van der Waals surface area (Å²) in [6.45, 7) is 4.06. The molecule has 1 aliphatic heterocycles. The standard InChI is InChI=1S/C11H14ClNO2/c1-2-14-7-9-6-13-10-4-3-8(12)5-11(10)15-9/h3-5,9,13H,2,6-7H2,1H3. The maximum atomic E-state index is 5.89. The van der Waals surface area contributed by atoms with E-state index in [-0.39, 0.29) is 6.10 Å². The second-order valence-corrected chi connectivity index (χ2v) is 3.86. The minimum absolute atomic E-state index is 0.0657. The van der Waals surface area contributed by atoms with Crippen molar-refractivity contribution in [3.8, 4) is 5.75 Å². The Balaban J connectivity index is 2.05. The van der Waals surface area contributed by atoms with Crippen molar-refractivity contribution in [2.45, 2.75) is 13.0 Å². The van der Waals surface area contributed by atoms with Gasteiger partial charge in [0, 0.05) is 17.7 Å². The number of hydrogen-bond acceptors (Lipinski definition) is 3. The van der Waals surface area contributed by atoms with Crippen LogP contribution < -0.4 is 10.1 Å². The van der Waals surface area contributed by atoms with Crippen molar-refractivity contribution in [1.29, 1.82) is 0 Å². The number of hydrogen-bond donors (Lipinski definition) is 1. The second-order valence-electron chi connectivity index (χ2n) is 3.42. The van der Waals surface area contributed by atoms with E-state index >= 15 is 0 Å². The van der Waals surface area contributed by atoms with Crippen molar-refractivity contribution in [2.75, 3.05) is 25.1 Å². The number of anilines is 1. The first-order valence-corrected chi connectivity index (χ1v) is 5.45. The fraction of sp³-hybridized carbons (Fsp3) is 0.455. The van der Waals surface area contributed by atoms with Gasteiger partial charge in [-0.15, -0.1) is 0 Å². The lowest BCUT2D eigenvalue weighted by Gasteiger charge is -2.27. The quantitative estimate of drug-likeness (QED) is 0.861. The summed E-state index contributed by atoms with van der Waals surface area (Å²) >= 11 is 5.89. The largest absolute Gasteiger partial charge is 0.484 e. The van der Waals surface area contributed by atoms with Gasteiger partial charge in [-0.25, -0.2) is 0 Å². The van der Waals surface area contributed by atoms with E-state index in [0.717, 1.165) is 18.0 Å². The number of rotatable bonds is 3. The van der Waals surface area contributed by atoms with Crippen molar-refractivity contribution < 1.29 is 9.47 Å². The molecule has 1 N–H and O–H groups in total. The highest BCUT2D eigenvalue weighted by atomic mass is 35.5. The molecule has 0 radical (unpaired) electrons. The van der Waals surface area contributed by atoms with Gasteiger partial charge in [-0.05, 0) is 19.1 Å². The lowest BCUT2D eigenvalue weighted by Crippen LogP contribution is -2.34. The molecule has 82 valence electrons. The first-order valence-electron chi connectivity index (χ1n) is 5.07. The van der Waals surface area contributed by atoms with Crippen LogP contribution in [0, 0.1) is 0 Å². The van der Waals surface area contributed by atoms with E-state index in [9.17, 15) is 0 Å². The van der Waals surface area contributed by atoms with Gasteiger partial charge in [-0.3, -0.25) is 0 Å². The van der Waals surface area contributed by atoms with Gasteiger partial charge < -0.3 is 14.8 Å². The predicted octanol–water partition coefficient (Wildman–Crippen LogP) is 2.55. The first-order chi connectivity index (χ1) is 7.29. The van der Waals surface area contributed by atoms with Gasteiger partial charge in [0.2, 0.25) is 0 Å². The van der Waals surface area contributed by atoms with E-state index in [4.69, 9.17) is 21.1 Å². The van der Waals surface area contributed by atoms with Crippen LogP contribution in [0.15, 0.2) is 18.2 Å². The van der Waals surface area contributed by atoms with E-state index in [1.54, 1.807) is 0 Å². The molecule has 1 heterocycles. The molecule has 0 fully saturated rings. The van der Waals surface area contributed by atoms with Crippen LogP contribution in [0.1, 0.15) is 6.92 Å². The average Bonchev–Trinajstić information content (AvgIpc) is 2.25. The van der Waals surface area contributed by atoms with E-state index in [0.29, 0.717) is 18.2 Å². The SMILES string of the molecule is CCOCC1CNc2ccc(Cl)cc2O1. The third-order valence-corrected chi connectivity index (χ3v) is 2.50. The van der Waals surface area contributed by atoms with Crippen molar-refractivity contribution in [2.24, 2.45) is 0 Å². The smallest absolute Gasteiger partial charge is 0.144 e. The molecule has 4 heteroatoms. The van der Waals surface area contributed by atoms with Crippen molar-refractivity contribution in [3.05, 3.63) is 23.2 Å². The first kappa shape index (κ1) is 10.6. The van der Waals surface area contributed by atoms with Crippen LogP contribution in [0.4, 0.5) is 5.69 Å². The molecule has 0 saturated heterocycles. The molecule has 0 saturated carbocycles. The lowest BCUT2D eigenvalue weighted by atomic mass is 10.2. The Morgan fingerprint density at radius 1 is 1.60 bits per heavy atom. The molecule has 0 amide bonds. The summed E-state index contributed by atoms with van der Waals surface area (Å²) in [4.78, 5) is 0. The van der Waals surface area contributed by atoms with Gasteiger partial charge in [-0.1, -0.05) is 11.6 Å². The van der Waals surface area contributed by atoms with Gasteiger partial charge in [0.15, 0.2) is 0 Å². The van der Waals surface area contributed by atoms with Gasteiger partial charge in [0.1, 0.15) is 11.9 Å². The summed E-state index contributed by atoms with van der Waals surface area (Å²) < 4.78 is 11.1. The molecular weight excluding hydrogens is 214 g/mol. The summed E-state index contributed by atoms with van der Waals surface area (Å²) in [5.41, 5.74) is 0.993. The minimum Gasteiger partial charge on any atom is -0.484 e. The Bertz CT molecular complexity index is 343. The van der Waals surface area contributed by atoms with Gasteiger partial charge in [-0.2, -0.15) is 0 Å². The fourth-order valence-electron chi connectivity index (χ4n) is 1.53. The number of ether oxygens (including phenoxy) is 2. The molecule has 0 aromatic heterocycles. The monoisotopic (exact) mass is 227 g/mol. The van der Waals surface area contributed by atoms with Crippen molar-refractivity contribution >= 4 is 17.3 Å². The zero-order valence-corrected chi connectivity index (χ0v) is 9.38. The maximum Gasteiger partial charge on any atom is 0.144 e. The summed E-state index contributed by atoms with van der Waals surface area (Å²) in [5, 5.41) is 3.97.